The van der Waals surface area contributed by atoms with Gasteiger partial charge < -0.3 is 15.1 Å². The van der Waals surface area contributed by atoms with E-state index >= 15 is 0 Å². The van der Waals surface area contributed by atoms with Crippen molar-refractivity contribution in [1.82, 2.24) is 15.1 Å². The predicted molar refractivity (Wildman–Crippen MR) is 94.0 cm³/mol. The summed E-state index contributed by atoms with van der Waals surface area (Å²) in [7, 11) is 6.08. The lowest BCUT2D eigenvalue weighted by atomic mass is 9.99. The summed E-state index contributed by atoms with van der Waals surface area (Å²) in [5, 5.41) is 3.51. The summed E-state index contributed by atoms with van der Waals surface area (Å²) in [6, 6.07) is 8.78. The van der Waals surface area contributed by atoms with E-state index in [4.69, 9.17) is 0 Å². The molecule has 0 aromatic heterocycles. The summed E-state index contributed by atoms with van der Waals surface area (Å²) in [6.45, 7) is 6.37. The van der Waals surface area contributed by atoms with E-state index in [2.05, 4.69) is 65.4 Å². The Kier molecular flexibility index (Phi) is 6.25. The molecule has 1 aromatic rings. The molecule has 1 fully saturated rings. The normalized spacial score (nSPS) is 17.1. The zero-order valence-electron chi connectivity index (χ0n) is 14.5. The number of likely N-dealkylation sites (tertiary alicyclic amines) is 1. The molecule has 0 spiro atoms. The first kappa shape index (κ1) is 16.8. The molecule has 1 saturated heterocycles. The number of rotatable bonds is 4. The molecule has 0 amide bonds. The third-order valence-electron chi connectivity index (χ3n) is 4.24. The molecular weight excluding hydrogens is 272 g/mol. The standard InChI is InChI=1S/C18H30N4/c1-15-8-10-22(11-9-15)18(19-2)20-13-16-6-5-7-17(12-16)14-21(3)4/h5-7,12,15H,8-11,13-14H2,1-4H3,(H,19,20). The molecule has 0 atom stereocenters. The van der Waals surface area contributed by atoms with Gasteiger partial charge in [0.2, 0.25) is 0 Å². The Bertz CT molecular complexity index is 488. The molecule has 1 heterocycles. The van der Waals surface area contributed by atoms with Gasteiger partial charge in [-0.1, -0.05) is 31.2 Å². The van der Waals surface area contributed by atoms with Crippen LogP contribution in [-0.4, -0.2) is 50.0 Å². The van der Waals surface area contributed by atoms with Crippen LogP contribution in [0.5, 0.6) is 0 Å². The van der Waals surface area contributed by atoms with Crippen LogP contribution < -0.4 is 5.32 Å². The quantitative estimate of drug-likeness (QED) is 0.685. The number of piperidine rings is 1. The van der Waals surface area contributed by atoms with E-state index in [1.165, 1.54) is 24.0 Å². The Hall–Kier alpha value is -1.55. The molecule has 0 aliphatic carbocycles. The minimum atomic E-state index is 0.833. The van der Waals surface area contributed by atoms with Crippen LogP contribution in [0.1, 0.15) is 30.9 Å². The lowest BCUT2D eigenvalue weighted by Gasteiger charge is -2.33. The van der Waals surface area contributed by atoms with Crippen LogP contribution in [0.25, 0.3) is 0 Å². The number of hydrogen-bond acceptors (Lipinski definition) is 2. The Labute approximate surface area is 135 Å². The van der Waals surface area contributed by atoms with E-state index in [0.29, 0.717) is 0 Å². The minimum absolute atomic E-state index is 0.833. The second-order valence-electron chi connectivity index (χ2n) is 6.63. The van der Waals surface area contributed by atoms with E-state index in [-0.39, 0.29) is 0 Å². The highest BCUT2D eigenvalue weighted by molar-refractivity contribution is 5.79. The number of benzene rings is 1. The summed E-state index contributed by atoms with van der Waals surface area (Å²) in [5.74, 6) is 1.88. The van der Waals surface area contributed by atoms with E-state index < -0.39 is 0 Å². The van der Waals surface area contributed by atoms with E-state index in [1.54, 1.807) is 0 Å². The van der Waals surface area contributed by atoms with Gasteiger partial charge in [0.1, 0.15) is 0 Å². The molecular formula is C18H30N4. The molecule has 1 N–H and O–H groups in total. The maximum Gasteiger partial charge on any atom is 0.193 e. The summed E-state index contributed by atoms with van der Waals surface area (Å²) in [5.41, 5.74) is 2.66. The van der Waals surface area contributed by atoms with E-state index in [1.807, 2.05) is 7.05 Å². The summed E-state index contributed by atoms with van der Waals surface area (Å²) >= 11 is 0. The topological polar surface area (TPSA) is 30.9 Å². The van der Waals surface area contributed by atoms with Gasteiger partial charge in [-0.15, -0.1) is 0 Å². The fourth-order valence-electron chi connectivity index (χ4n) is 2.94. The van der Waals surface area contributed by atoms with Crippen LogP contribution in [0.3, 0.4) is 0 Å². The molecule has 4 nitrogen and oxygen atoms in total. The fraction of sp³-hybridized carbons (Fsp3) is 0.611. The highest BCUT2D eigenvalue weighted by atomic mass is 15.3. The molecule has 0 saturated carbocycles. The highest BCUT2D eigenvalue weighted by Gasteiger charge is 2.18. The van der Waals surface area contributed by atoms with Crippen LogP contribution in [0.15, 0.2) is 29.3 Å². The van der Waals surface area contributed by atoms with Gasteiger partial charge in [0.25, 0.3) is 0 Å². The second kappa shape index (κ2) is 8.18. The second-order valence-corrected chi connectivity index (χ2v) is 6.63. The van der Waals surface area contributed by atoms with E-state index in [9.17, 15) is 0 Å². The molecule has 0 radical (unpaired) electrons. The third kappa shape index (κ3) is 5.02. The Balaban J connectivity index is 1.90. The number of nitrogens with one attached hydrogen (secondary N) is 1. The molecule has 22 heavy (non-hydrogen) atoms. The van der Waals surface area contributed by atoms with Crippen LogP contribution in [-0.2, 0) is 13.1 Å². The molecule has 0 unspecified atom stereocenters. The van der Waals surface area contributed by atoms with Gasteiger partial charge in [0.15, 0.2) is 5.96 Å². The lowest BCUT2D eigenvalue weighted by molar-refractivity contribution is 0.273. The van der Waals surface area contributed by atoms with Gasteiger partial charge in [-0.2, -0.15) is 0 Å². The van der Waals surface area contributed by atoms with Gasteiger partial charge in [-0.25, -0.2) is 0 Å². The molecule has 0 bridgehead atoms. The van der Waals surface area contributed by atoms with Gasteiger partial charge >= 0.3 is 0 Å². The van der Waals surface area contributed by atoms with Crippen molar-refractivity contribution in [3.63, 3.8) is 0 Å². The molecule has 4 heteroatoms. The first-order valence-electron chi connectivity index (χ1n) is 8.26. The van der Waals surface area contributed by atoms with Gasteiger partial charge in [-0.05, 0) is 44.0 Å². The average molecular weight is 302 g/mol. The SMILES string of the molecule is CN=C(NCc1cccc(CN(C)C)c1)N1CCC(C)CC1. The van der Waals surface area contributed by atoms with Crippen molar-refractivity contribution in [2.45, 2.75) is 32.9 Å². The molecule has 1 aliphatic heterocycles. The largest absolute Gasteiger partial charge is 0.352 e. The van der Waals surface area contributed by atoms with Crippen LogP contribution >= 0.6 is 0 Å². The van der Waals surface area contributed by atoms with Gasteiger partial charge in [0.05, 0.1) is 0 Å². The minimum Gasteiger partial charge on any atom is -0.352 e. The first-order chi connectivity index (χ1) is 10.6. The zero-order chi connectivity index (χ0) is 15.9. The maximum atomic E-state index is 4.45. The summed E-state index contributed by atoms with van der Waals surface area (Å²) < 4.78 is 0. The number of guanidine groups is 1. The van der Waals surface area contributed by atoms with Crippen LogP contribution in [0.4, 0.5) is 0 Å². The summed E-state index contributed by atoms with van der Waals surface area (Å²) in [4.78, 5) is 9.02. The maximum absolute atomic E-state index is 4.45. The molecule has 1 aromatic carbocycles. The van der Waals surface area contributed by atoms with Gasteiger partial charge in [-0.3, -0.25) is 4.99 Å². The smallest absolute Gasteiger partial charge is 0.193 e. The van der Waals surface area contributed by atoms with Crippen molar-refractivity contribution >= 4 is 5.96 Å². The lowest BCUT2D eigenvalue weighted by Crippen LogP contribution is -2.45. The molecule has 122 valence electrons. The zero-order valence-corrected chi connectivity index (χ0v) is 14.5. The van der Waals surface area contributed by atoms with Crippen molar-refractivity contribution in [1.29, 1.82) is 0 Å². The highest BCUT2D eigenvalue weighted by Crippen LogP contribution is 2.16. The first-order valence-corrected chi connectivity index (χ1v) is 8.26. The van der Waals surface area contributed by atoms with Crippen LogP contribution in [0.2, 0.25) is 0 Å². The van der Waals surface area contributed by atoms with Crippen molar-refractivity contribution in [2.24, 2.45) is 10.9 Å². The average Bonchev–Trinajstić information content (AvgIpc) is 2.49. The predicted octanol–water partition coefficient (Wildman–Crippen LogP) is 2.56. The monoisotopic (exact) mass is 302 g/mol. The van der Waals surface area contributed by atoms with Crippen molar-refractivity contribution < 1.29 is 0 Å². The van der Waals surface area contributed by atoms with Crippen molar-refractivity contribution in [2.75, 3.05) is 34.2 Å². The van der Waals surface area contributed by atoms with Gasteiger partial charge in [0, 0.05) is 33.2 Å². The Morgan fingerprint density at radius 3 is 2.59 bits per heavy atom. The fourth-order valence-corrected chi connectivity index (χ4v) is 2.94. The van der Waals surface area contributed by atoms with Crippen molar-refractivity contribution in [3.8, 4) is 0 Å². The van der Waals surface area contributed by atoms with E-state index in [0.717, 1.165) is 38.1 Å². The number of nitrogens with zero attached hydrogens (tertiary/aromatic N) is 3. The van der Waals surface area contributed by atoms with Crippen molar-refractivity contribution in [3.05, 3.63) is 35.4 Å². The number of hydrogen-bond donors (Lipinski definition) is 1. The Morgan fingerprint density at radius 1 is 1.27 bits per heavy atom. The Morgan fingerprint density at radius 2 is 1.95 bits per heavy atom. The molecule has 1 aliphatic rings. The van der Waals surface area contributed by atoms with Crippen LogP contribution in [0, 0.1) is 5.92 Å². The third-order valence-corrected chi connectivity index (χ3v) is 4.24. The molecule has 2 rings (SSSR count). The number of aliphatic imine (C=N–C) groups is 1. The summed E-state index contributed by atoms with van der Waals surface area (Å²) in [6.07, 6.45) is 2.53.